The summed E-state index contributed by atoms with van der Waals surface area (Å²) in [5, 5.41) is 7.89. The Morgan fingerprint density at radius 2 is 1.85 bits per heavy atom. The van der Waals surface area contributed by atoms with E-state index in [0.717, 1.165) is 48.2 Å². The number of anilines is 1. The number of ether oxygens (including phenoxy) is 3. The summed E-state index contributed by atoms with van der Waals surface area (Å²) in [5.41, 5.74) is 6.50. The molecule has 5 fully saturated rings. The van der Waals surface area contributed by atoms with Crippen LogP contribution in [0.5, 0.6) is 5.75 Å². The quantitative estimate of drug-likeness (QED) is 0.192. The lowest BCUT2D eigenvalue weighted by Crippen LogP contribution is -2.70. The molecule has 40 heavy (non-hydrogen) atoms. The van der Waals surface area contributed by atoms with E-state index >= 15 is 0 Å². The number of hydrazone groups is 1. The van der Waals surface area contributed by atoms with E-state index in [9.17, 15) is 0 Å². The van der Waals surface area contributed by atoms with Crippen LogP contribution in [0.3, 0.4) is 0 Å². The van der Waals surface area contributed by atoms with Gasteiger partial charge in [0, 0.05) is 23.9 Å². The highest BCUT2D eigenvalue weighted by atomic mass is 32.1. The fourth-order valence-corrected chi connectivity index (χ4v) is 7.21. The molecular formula is C31H39N3O5S. The van der Waals surface area contributed by atoms with E-state index in [1.807, 2.05) is 50.2 Å². The Labute approximate surface area is 241 Å². The van der Waals surface area contributed by atoms with Crippen LogP contribution in [0.1, 0.15) is 63.1 Å². The lowest BCUT2D eigenvalue weighted by atomic mass is 9.58. The zero-order valence-corrected chi connectivity index (χ0v) is 24.6. The number of aryl methyl sites for hydroxylation is 2. The van der Waals surface area contributed by atoms with Crippen molar-refractivity contribution in [2.75, 3.05) is 5.32 Å². The van der Waals surface area contributed by atoms with Crippen molar-refractivity contribution in [3.8, 4) is 5.75 Å². The normalized spacial score (nSPS) is 36.5. The van der Waals surface area contributed by atoms with Gasteiger partial charge in [-0.3, -0.25) is 5.43 Å². The van der Waals surface area contributed by atoms with Crippen LogP contribution >= 0.6 is 12.2 Å². The van der Waals surface area contributed by atoms with Crippen molar-refractivity contribution < 1.29 is 24.0 Å². The number of nitrogens with zero attached hydrogens (tertiary/aromatic N) is 1. The van der Waals surface area contributed by atoms with Crippen molar-refractivity contribution in [2.24, 2.45) is 28.8 Å². The van der Waals surface area contributed by atoms with Gasteiger partial charge < -0.3 is 19.5 Å². The van der Waals surface area contributed by atoms with E-state index in [0.29, 0.717) is 16.9 Å². The lowest BCUT2D eigenvalue weighted by molar-refractivity contribution is -0.575. The maximum Gasteiger partial charge on any atom is 0.205 e. The van der Waals surface area contributed by atoms with Crippen molar-refractivity contribution in [1.82, 2.24) is 5.43 Å². The summed E-state index contributed by atoms with van der Waals surface area (Å²) >= 11 is 5.38. The number of thiocarbonyl (C=S) groups is 1. The summed E-state index contributed by atoms with van der Waals surface area (Å²) in [7, 11) is 0. The van der Waals surface area contributed by atoms with Crippen LogP contribution < -0.4 is 15.5 Å². The van der Waals surface area contributed by atoms with Crippen molar-refractivity contribution in [2.45, 2.75) is 84.3 Å². The van der Waals surface area contributed by atoms with Gasteiger partial charge in [-0.2, -0.15) is 5.10 Å². The van der Waals surface area contributed by atoms with Crippen LogP contribution in [-0.4, -0.2) is 35.3 Å². The third-order valence-corrected chi connectivity index (χ3v) is 9.43. The van der Waals surface area contributed by atoms with E-state index in [4.69, 9.17) is 36.2 Å². The standard InChI is InChI=1S/C31H39N3O5S/c1-18-6-13-26(20(3)16-18)33-29(40)34-32-17-22-8-10-23(11-9-22)35-27-21(4)25-12-7-19(2)24-14-15-30(5)37-28(36-27)31(24,25)39-38-30/h6,8-11,13,16-17,19,21,24-25,27-28H,7,12,14-15H2,1-5H3,(H2,33,34,40)/b32-17+/t19-,21-,24+,25+,27+,28-,30-,31-/m1/s1. The number of hydrogen-bond donors (Lipinski definition) is 2. The molecule has 8 nitrogen and oxygen atoms in total. The molecule has 9 heteroatoms. The van der Waals surface area contributed by atoms with Gasteiger partial charge in [-0.05, 0) is 106 Å². The first-order valence-electron chi connectivity index (χ1n) is 14.3. The van der Waals surface area contributed by atoms with E-state index < -0.39 is 24.0 Å². The molecule has 2 aromatic carbocycles. The Bertz CT molecular complexity index is 1290. The molecule has 2 N–H and O–H groups in total. The maximum absolute atomic E-state index is 6.54. The minimum atomic E-state index is -0.797. The highest BCUT2D eigenvalue weighted by Crippen LogP contribution is 2.60. The monoisotopic (exact) mass is 565 g/mol. The first kappa shape index (κ1) is 27.6. The summed E-state index contributed by atoms with van der Waals surface area (Å²) in [5.74, 6) is 1.12. The van der Waals surface area contributed by atoms with Crippen LogP contribution in [0, 0.1) is 37.5 Å². The number of fused-ring (bicyclic) bond motifs is 2. The molecule has 0 unspecified atom stereocenters. The SMILES string of the molecule is Cc1ccc(NC(=S)N/N=C/c2ccc(O[C@H]3O[C@@H]4O[C@@]5(C)CC[C@H]6[C@H](C)CC[C@@H]([C@H]3C)[C@@]46OO5)cc2)c(C)c1. The smallest absolute Gasteiger partial charge is 0.205 e. The maximum atomic E-state index is 6.54. The molecule has 0 radical (unpaired) electrons. The van der Waals surface area contributed by atoms with Crippen LogP contribution in [0.15, 0.2) is 47.6 Å². The number of hydrogen-bond acceptors (Lipinski definition) is 7. The number of rotatable bonds is 5. The van der Waals surface area contributed by atoms with Gasteiger partial charge >= 0.3 is 0 Å². The summed E-state index contributed by atoms with van der Waals surface area (Å²) in [4.78, 5) is 12.1. The predicted molar refractivity (Wildman–Crippen MR) is 157 cm³/mol. The molecule has 1 spiro atoms. The van der Waals surface area contributed by atoms with Gasteiger partial charge in [0.2, 0.25) is 12.1 Å². The van der Waals surface area contributed by atoms with Crippen LogP contribution in [-0.2, 0) is 19.2 Å². The molecule has 1 saturated carbocycles. The van der Waals surface area contributed by atoms with Gasteiger partial charge in [-0.1, -0.05) is 31.5 Å². The van der Waals surface area contributed by atoms with Gasteiger partial charge in [0.15, 0.2) is 17.0 Å². The molecule has 5 aliphatic rings. The predicted octanol–water partition coefficient (Wildman–Crippen LogP) is 6.21. The summed E-state index contributed by atoms with van der Waals surface area (Å²) in [6.07, 6.45) is 4.75. The average Bonchev–Trinajstić information content (AvgIpc) is 3.15. The minimum absolute atomic E-state index is 0.108. The Balaban J connectivity index is 1.09. The summed E-state index contributed by atoms with van der Waals surface area (Å²) in [6, 6.07) is 13.9. The molecule has 8 atom stereocenters. The Morgan fingerprint density at radius 3 is 2.62 bits per heavy atom. The topological polar surface area (TPSA) is 82.6 Å². The van der Waals surface area contributed by atoms with Gasteiger partial charge in [0.25, 0.3) is 0 Å². The zero-order valence-electron chi connectivity index (χ0n) is 23.8. The molecule has 0 aromatic heterocycles. The fourth-order valence-electron chi connectivity index (χ4n) is 7.04. The molecule has 0 amide bonds. The highest BCUT2D eigenvalue weighted by molar-refractivity contribution is 7.80. The molecule has 2 aromatic rings. The van der Waals surface area contributed by atoms with Crippen LogP contribution in [0.2, 0.25) is 0 Å². The minimum Gasteiger partial charge on any atom is -0.465 e. The summed E-state index contributed by atoms with van der Waals surface area (Å²) in [6.45, 7) is 10.6. The highest BCUT2D eigenvalue weighted by Gasteiger charge is 2.69. The van der Waals surface area contributed by atoms with E-state index in [1.54, 1.807) is 6.21 Å². The Hall–Kier alpha value is -2.56. The molecule has 2 bridgehead atoms. The third-order valence-electron chi connectivity index (χ3n) is 9.24. The lowest BCUT2D eigenvalue weighted by Gasteiger charge is -2.60. The third kappa shape index (κ3) is 5.03. The van der Waals surface area contributed by atoms with Gasteiger partial charge in [0.05, 0.1) is 6.21 Å². The van der Waals surface area contributed by atoms with Crippen molar-refractivity contribution in [3.05, 3.63) is 59.2 Å². The number of benzene rings is 2. The van der Waals surface area contributed by atoms with Crippen molar-refractivity contribution in [3.63, 3.8) is 0 Å². The Morgan fingerprint density at radius 1 is 1.05 bits per heavy atom. The molecule has 4 heterocycles. The summed E-state index contributed by atoms with van der Waals surface area (Å²) < 4.78 is 19.4. The van der Waals surface area contributed by atoms with Crippen molar-refractivity contribution >= 4 is 29.2 Å². The average molecular weight is 566 g/mol. The van der Waals surface area contributed by atoms with Gasteiger partial charge in [0.1, 0.15) is 5.75 Å². The van der Waals surface area contributed by atoms with Gasteiger partial charge in [-0.25, -0.2) is 9.78 Å². The molecule has 1 aliphatic carbocycles. The van der Waals surface area contributed by atoms with Crippen LogP contribution in [0.25, 0.3) is 0 Å². The largest absolute Gasteiger partial charge is 0.465 e. The molecule has 214 valence electrons. The Kier molecular flexibility index (Phi) is 7.37. The molecule has 7 rings (SSSR count). The van der Waals surface area contributed by atoms with Crippen molar-refractivity contribution in [1.29, 1.82) is 0 Å². The molecular weight excluding hydrogens is 526 g/mol. The number of nitrogens with one attached hydrogen (secondary N) is 2. The van der Waals surface area contributed by atoms with Crippen LogP contribution in [0.4, 0.5) is 5.69 Å². The molecule has 4 aliphatic heterocycles. The van der Waals surface area contributed by atoms with E-state index in [1.165, 1.54) is 5.56 Å². The first-order chi connectivity index (χ1) is 19.2. The molecule has 4 saturated heterocycles. The second-order valence-electron chi connectivity index (χ2n) is 12.1. The van der Waals surface area contributed by atoms with E-state index in [2.05, 4.69) is 42.7 Å². The second kappa shape index (κ2) is 10.7. The zero-order chi connectivity index (χ0) is 28.1. The first-order valence-corrected chi connectivity index (χ1v) is 14.7. The van der Waals surface area contributed by atoms with E-state index in [-0.39, 0.29) is 11.8 Å². The second-order valence-corrected chi connectivity index (χ2v) is 12.5. The fraction of sp³-hybridized carbons (Fsp3) is 0.548. The van der Waals surface area contributed by atoms with Gasteiger partial charge in [-0.15, -0.1) is 0 Å².